The van der Waals surface area contributed by atoms with Gasteiger partial charge in [0.2, 0.25) is 11.2 Å². The fourth-order valence-electron chi connectivity index (χ4n) is 3.34. The number of carbonyl (C=O) groups is 2. The minimum Gasteiger partial charge on any atom is -0.485 e. The molecule has 0 bridgehead atoms. The van der Waals surface area contributed by atoms with Gasteiger partial charge in [-0.2, -0.15) is 0 Å². The summed E-state index contributed by atoms with van der Waals surface area (Å²) in [5.74, 6) is 0.00506. The molecule has 0 saturated heterocycles. The lowest BCUT2D eigenvalue weighted by molar-refractivity contribution is -0.154. The van der Waals surface area contributed by atoms with Crippen molar-refractivity contribution in [2.75, 3.05) is 13.2 Å². The first-order valence-electron chi connectivity index (χ1n) is 11.0. The summed E-state index contributed by atoms with van der Waals surface area (Å²) in [4.78, 5) is 36.6. The molecule has 3 rings (SSSR count). The van der Waals surface area contributed by atoms with Gasteiger partial charge in [0.15, 0.2) is 6.61 Å². The summed E-state index contributed by atoms with van der Waals surface area (Å²) in [5, 5.41) is 0.343. The molecule has 33 heavy (non-hydrogen) atoms. The van der Waals surface area contributed by atoms with E-state index in [1.165, 1.54) is 5.56 Å². The lowest BCUT2D eigenvalue weighted by Gasteiger charge is -2.13. The second kappa shape index (κ2) is 10.3. The van der Waals surface area contributed by atoms with Gasteiger partial charge >= 0.3 is 5.97 Å². The van der Waals surface area contributed by atoms with Crippen LogP contribution < -0.4 is 14.9 Å². The Kier molecular flexibility index (Phi) is 7.53. The van der Waals surface area contributed by atoms with Crippen LogP contribution in [0.5, 0.6) is 17.2 Å². The number of aryl methyl sites for hydroxylation is 2. The average Bonchev–Trinajstić information content (AvgIpc) is 2.80. The van der Waals surface area contributed by atoms with E-state index in [0.29, 0.717) is 46.1 Å². The monoisotopic (exact) mass is 452 g/mol. The molecule has 0 radical (unpaired) electrons. The summed E-state index contributed by atoms with van der Waals surface area (Å²) in [6.07, 6.45) is 0.541. The Morgan fingerprint density at radius 1 is 1.06 bits per heavy atom. The zero-order valence-electron chi connectivity index (χ0n) is 19.5. The van der Waals surface area contributed by atoms with Crippen LogP contribution in [0.25, 0.3) is 11.0 Å². The Morgan fingerprint density at radius 2 is 1.76 bits per heavy atom. The van der Waals surface area contributed by atoms with Crippen LogP contribution in [0.15, 0.2) is 45.6 Å². The van der Waals surface area contributed by atoms with Crippen LogP contribution in [0, 0.1) is 6.92 Å². The summed E-state index contributed by atoms with van der Waals surface area (Å²) in [6, 6.07) is 10.8. The molecule has 7 heteroatoms. The van der Waals surface area contributed by atoms with E-state index in [-0.39, 0.29) is 17.8 Å². The molecule has 7 nitrogen and oxygen atoms in total. The van der Waals surface area contributed by atoms with E-state index >= 15 is 0 Å². The number of esters is 1. The summed E-state index contributed by atoms with van der Waals surface area (Å²) in [7, 11) is 0. The van der Waals surface area contributed by atoms with Gasteiger partial charge in [0.25, 0.3) is 5.78 Å². The number of Topliss-reactive ketones (excluding diaryl/α,β-unsaturated/α-hetero) is 1. The first kappa shape index (κ1) is 24.0. The molecule has 0 aliphatic carbocycles. The van der Waals surface area contributed by atoms with Crippen LogP contribution in [0.3, 0.4) is 0 Å². The highest BCUT2D eigenvalue weighted by Crippen LogP contribution is 2.30. The van der Waals surface area contributed by atoms with Gasteiger partial charge in [-0.3, -0.25) is 9.59 Å². The second-order valence-corrected chi connectivity index (χ2v) is 7.88. The third kappa shape index (κ3) is 5.42. The molecule has 0 atom stereocenters. The lowest BCUT2D eigenvalue weighted by Crippen LogP contribution is -2.24. The second-order valence-electron chi connectivity index (χ2n) is 7.88. The van der Waals surface area contributed by atoms with Gasteiger partial charge in [0.1, 0.15) is 22.8 Å². The predicted octanol–water partition coefficient (Wildman–Crippen LogP) is 5.09. The summed E-state index contributed by atoms with van der Waals surface area (Å²) < 4.78 is 22.0. The summed E-state index contributed by atoms with van der Waals surface area (Å²) in [5.41, 5.74) is 1.87. The smallest absolute Gasteiger partial charge is 0.378 e. The van der Waals surface area contributed by atoms with Crippen LogP contribution in [0.4, 0.5) is 0 Å². The normalized spacial score (nSPS) is 11.0. The number of fused-ring (bicyclic) bond motifs is 1. The van der Waals surface area contributed by atoms with Gasteiger partial charge in [-0.25, -0.2) is 4.79 Å². The van der Waals surface area contributed by atoms with E-state index in [4.69, 9.17) is 13.9 Å². The van der Waals surface area contributed by atoms with Crippen LogP contribution in [0.1, 0.15) is 50.5 Å². The molecule has 0 aliphatic heterocycles. The number of ether oxygens (including phenoxy) is 3. The van der Waals surface area contributed by atoms with E-state index in [1.54, 1.807) is 26.0 Å². The number of carbonyl (C=O) groups excluding carboxylic acids is 2. The van der Waals surface area contributed by atoms with E-state index in [9.17, 15) is 14.4 Å². The van der Waals surface area contributed by atoms with Gasteiger partial charge in [0.05, 0.1) is 12.0 Å². The molecule has 2 aromatic carbocycles. The third-order valence-corrected chi connectivity index (χ3v) is 5.21. The molecule has 0 unspecified atom stereocenters. The van der Waals surface area contributed by atoms with Gasteiger partial charge in [-0.15, -0.1) is 0 Å². The number of rotatable bonds is 9. The standard InChI is InChI=1S/C26H28O7/c1-6-17-12-20-23(13-22(17)31-14-21(27)26(29)30-7-2)32-16(5)25(24(20)28)33-19-10-8-18(9-11-19)15(3)4/h8-13,15H,6-7,14H2,1-5H3. The number of benzene rings is 2. The predicted molar refractivity (Wildman–Crippen MR) is 124 cm³/mol. The van der Waals surface area contributed by atoms with E-state index in [1.807, 2.05) is 31.2 Å². The van der Waals surface area contributed by atoms with Crippen LogP contribution in [-0.4, -0.2) is 25.0 Å². The van der Waals surface area contributed by atoms with E-state index < -0.39 is 18.4 Å². The average molecular weight is 453 g/mol. The first-order valence-corrected chi connectivity index (χ1v) is 11.0. The lowest BCUT2D eigenvalue weighted by atomic mass is 10.0. The molecule has 1 heterocycles. The summed E-state index contributed by atoms with van der Waals surface area (Å²) in [6.45, 7) is 9.02. The van der Waals surface area contributed by atoms with Crippen molar-refractivity contribution in [1.29, 1.82) is 0 Å². The SMILES string of the molecule is CCOC(=O)C(=O)COc1cc2oc(C)c(Oc3ccc(C(C)C)cc3)c(=O)c2cc1CC. The van der Waals surface area contributed by atoms with Gasteiger partial charge in [-0.05, 0) is 55.5 Å². The molecule has 1 aromatic heterocycles. The van der Waals surface area contributed by atoms with Crippen LogP contribution in [-0.2, 0) is 20.7 Å². The van der Waals surface area contributed by atoms with Crippen molar-refractivity contribution in [2.45, 2.75) is 47.0 Å². The van der Waals surface area contributed by atoms with Crippen molar-refractivity contribution in [2.24, 2.45) is 0 Å². The van der Waals surface area contributed by atoms with Gasteiger partial charge in [-0.1, -0.05) is 32.9 Å². The molecule has 174 valence electrons. The number of hydrogen-bond donors (Lipinski definition) is 0. The van der Waals surface area contributed by atoms with Crippen molar-refractivity contribution in [1.82, 2.24) is 0 Å². The highest BCUT2D eigenvalue weighted by Gasteiger charge is 2.19. The zero-order valence-corrected chi connectivity index (χ0v) is 19.5. The number of ketones is 1. The Bertz CT molecular complexity index is 1220. The molecule has 0 spiro atoms. The molecule has 0 N–H and O–H groups in total. The first-order chi connectivity index (χ1) is 15.7. The summed E-state index contributed by atoms with van der Waals surface area (Å²) >= 11 is 0. The zero-order chi connectivity index (χ0) is 24.1. The highest BCUT2D eigenvalue weighted by molar-refractivity contribution is 6.34. The Morgan fingerprint density at radius 3 is 2.36 bits per heavy atom. The molecular weight excluding hydrogens is 424 g/mol. The van der Waals surface area contributed by atoms with Crippen molar-refractivity contribution in [3.05, 3.63) is 63.5 Å². The van der Waals surface area contributed by atoms with Crippen molar-refractivity contribution < 1.29 is 28.2 Å². The molecular formula is C26H28O7. The van der Waals surface area contributed by atoms with Gasteiger partial charge in [0, 0.05) is 6.07 Å². The highest BCUT2D eigenvalue weighted by atomic mass is 16.5. The van der Waals surface area contributed by atoms with Crippen LogP contribution >= 0.6 is 0 Å². The Balaban J connectivity index is 1.92. The fraction of sp³-hybridized carbons (Fsp3) is 0.346. The van der Waals surface area contributed by atoms with Gasteiger partial charge < -0.3 is 18.6 Å². The van der Waals surface area contributed by atoms with Crippen LogP contribution in [0.2, 0.25) is 0 Å². The van der Waals surface area contributed by atoms with E-state index in [2.05, 4.69) is 18.6 Å². The Hall–Kier alpha value is -3.61. The Labute approximate surface area is 192 Å². The quantitative estimate of drug-likeness (QED) is 0.330. The maximum Gasteiger partial charge on any atom is 0.378 e. The van der Waals surface area contributed by atoms with Crippen molar-refractivity contribution >= 4 is 22.7 Å². The van der Waals surface area contributed by atoms with Crippen molar-refractivity contribution in [3.63, 3.8) is 0 Å². The largest absolute Gasteiger partial charge is 0.485 e. The van der Waals surface area contributed by atoms with Crippen molar-refractivity contribution in [3.8, 4) is 17.2 Å². The maximum atomic E-state index is 13.2. The molecule has 0 aliphatic rings. The molecule has 0 saturated carbocycles. The topological polar surface area (TPSA) is 92.0 Å². The van der Waals surface area contributed by atoms with E-state index in [0.717, 1.165) is 0 Å². The fourth-order valence-corrected chi connectivity index (χ4v) is 3.34. The maximum absolute atomic E-state index is 13.2. The number of hydrogen-bond acceptors (Lipinski definition) is 7. The minimum atomic E-state index is -0.943. The molecule has 0 fully saturated rings. The molecule has 3 aromatic rings. The molecule has 0 amide bonds. The minimum absolute atomic E-state index is 0.109. The third-order valence-electron chi connectivity index (χ3n) is 5.21.